The fourth-order valence-corrected chi connectivity index (χ4v) is 4.03. The molecule has 1 aromatic carbocycles. The third kappa shape index (κ3) is 2.91. The first-order valence-corrected chi connectivity index (χ1v) is 9.90. The molecule has 0 saturated heterocycles. The van der Waals surface area contributed by atoms with Crippen LogP contribution in [0.15, 0.2) is 52.2 Å². The van der Waals surface area contributed by atoms with Crippen LogP contribution in [0.3, 0.4) is 0 Å². The van der Waals surface area contributed by atoms with Gasteiger partial charge in [-0.15, -0.1) is 0 Å². The summed E-state index contributed by atoms with van der Waals surface area (Å²) in [5, 5.41) is 5.47. The van der Waals surface area contributed by atoms with Crippen molar-refractivity contribution in [2.75, 3.05) is 0 Å². The standard InChI is InChI=1S/C21H18ClN5O3/c1-12-8-25(11-23-12)17-4-5-18-21(29)26(13(2)9-27(18)20(17)28)10-16-15-7-14(22)3-6-19(15)30-24-16/h3-8,11,13H,9-10H2,1-2H3. The lowest BCUT2D eigenvalue weighted by Crippen LogP contribution is -2.49. The maximum atomic E-state index is 13.2. The summed E-state index contributed by atoms with van der Waals surface area (Å²) in [6.07, 6.45) is 3.38. The van der Waals surface area contributed by atoms with Gasteiger partial charge in [0, 0.05) is 29.2 Å². The molecule has 0 aliphatic carbocycles. The number of nitrogens with zero attached hydrogens (tertiary/aromatic N) is 5. The molecule has 1 aliphatic heterocycles. The van der Waals surface area contributed by atoms with E-state index in [1.54, 1.807) is 52.3 Å². The summed E-state index contributed by atoms with van der Waals surface area (Å²) < 4.78 is 8.57. The molecule has 0 radical (unpaired) electrons. The third-order valence-electron chi connectivity index (χ3n) is 5.43. The molecule has 30 heavy (non-hydrogen) atoms. The van der Waals surface area contributed by atoms with Crippen molar-refractivity contribution in [1.29, 1.82) is 0 Å². The van der Waals surface area contributed by atoms with E-state index in [0.29, 0.717) is 34.2 Å². The van der Waals surface area contributed by atoms with Crippen LogP contribution in [-0.2, 0) is 13.1 Å². The summed E-state index contributed by atoms with van der Waals surface area (Å²) in [4.78, 5) is 32.2. The molecule has 4 heterocycles. The summed E-state index contributed by atoms with van der Waals surface area (Å²) >= 11 is 6.10. The number of aryl methyl sites for hydroxylation is 1. The molecule has 8 nitrogen and oxygen atoms in total. The van der Waals surface area contributed by atoms with Crippen LogP contribution < -0.4 is 5.56 Å². The number of imidazole rings is 1. The van der Waals surface area contributed by atoms with E-state index in [9.17, 15) is 9.59 Å². The molecule has 0 saturated carbocycles. The minimum absolute atomic E-state index is 0.201. The number of amides is 1. The van der Waals surface area contributed by atoms with Gasteiger partial charge in [-0.1, -0.05) is 16.8 Å². The summed E-state index contributed by atoms with van der Waals surface area (Å²) in [5.41, 5.74) is 2.66. The molecule has 0 spiro atoms. The lowest BCUT2D eigenvalue weighted by molar-refractivity contribution is 0.0585. The number of carbonyl (C=O) groups is 1. The summed E-state index contributed by atoms with van der Waals surface area (Å²) in [6.45, 7) is 4.43. The average Bonchev–Trinajstić information content (AvgIpc) is 3.32. The van der Waals surface area contributed by atoms with Crippen molar-refractivity contribution in [2.24, 2.45) is 0 Å². The Balaban J connectivity index is 1.51. The predicted octanol–water partition coefficient (Wildman–Crippen LogP) is 3.18. The van der Waals surface area contributed by atoms with Gasteiger partial charge >= 0.3 is 0 Å². The highest BCUT2D eigenvalue weighted by Gasteiger charge is 2.32. The number of hydrogen-bond acceptors (Lipinski definition) is 5. The first-order chi connectivity index (χ1) is 14.4. The smallest absolute Gasteiger partial charge is 0.275 e. The fourth-order valence-electron chi connectivity index (χ4n) is 3.86. The quantitative estimate of drug-likeness (QED) is 0.505. The van der Waals surface area contributed by atoms with Gasteiger partial charge in [-0.25, -0.2) is 4.98 Å². The largest absolute Gasteiger partial charge is 0.356 e. The molecule has 152 valence electrons. The highest BCUT2D eigenvalue weighted by Crippen LogP contribution is 2.26. The van der Waals surface area contributed by atoms with Crippen molar-refractivity contribution >= 4 is 28.5 Å². The molecule has 1 unspecified atom stereocenters. The molecular formula is C21H18ClN5O3. The van der Waals surface area contributed by atoms with Crippen LogP contribution in [0.25, 0.3) is 16.7 Å². The van der Waals surface area contributed by atoms with Crippen LogP contribution >= 0.6 is 11.6 Å². The zero-order valence-corrected chi connectivity index (χ0v) is 17.1. The summed E-state index contributed by atoms with van der Waals surface area (Å²) in [6, 6.07) is 8.41. The van der Waals surface area contributed by atoms with Gasteiger partial charge in [-0.05, 0) is 44.2 Å². The van der Waals surface area contributed by atoms with E-state index in [0.717, 1.165) is 11.1 Å². The molecule has 0 N–H and O–H groups in total. The van der Waals surface area contributed by atoms with Gasteiger partial charge in [0.05, 0.1) is 18.6 Å². The Kier molecular flexibility index (Phi) is 4.25. The van der Waals surface area contributed by atoms with E-state index < -0.39 is 0 Å². The molecule has 3 aromatic heterocycles. The Morgan fingerprint density at radius 1 is 1.23 bits per heavy atom. The first kappa shape index (κ1) is 18.6. The Labute approximate surface area is 176 Å². The Hall–Kier alpha value is -3.39. The number of fused-ring (bicyclic) bond motifs is 2. The van der Waals surface area contributed by atoms with Crippen molar-refractivity contribution < 1.29 is 9.32 Å². The molecule has 1 atom stereocenters. The van der Waals surface area contributed by atoms with Crippen LogP contribution in [0.5, 0.6) is 0 Å². The van der Waals surface area contributed by atoms with Gasteiger partial charge in [0.25, 0.3) is 11.5 Å². The maximum Gasteiger partial charge on any atom is 0.275 e. The topological polar surface area (TPSA) is 86.2 Å². The molecule has 5 rings (SSSR count). The lowest BCUT2D eigenvalue weighted by atomic mass is 10.1. The van der Waals surface area contributed by atoms with Crippen LogP contribution in [0.4, 0.5) is 0 Å². The van der Waals surface area contributed by atoms with Crippen LogP contribution in [0.2, 0.25) is 5.02 Å². The van der Waals surface area contributed by atoms with Crippen molar-refractivity contribution in [1.82, 2.24) is 24.2 Å². The number of aromatic nitrogens is 4. The molecule has 0 fully saturated rings. The van der Waals surface area contributed by atoms with Gasteiger partial charge < -0.3 is 18.6 Å². The minimum atomic E-state index is -0.225. The van der Waals surface area contributed by atoms with Gasteiger partial charge in [-0.3, -0.25) is 9.59 Å². The second-order valence-electron chi connectivity index (χ2n) is 7.49. The van der Waals surface area contributed by atoms with Gasteiger partial charge in [-0.2, -0.15) is 0 Å². The highest BCUT2D eigenvalue weighted by molar-refractivity contribution is 6.31. The molecule has 9 heteroatoms. The van der Waals surface area contributed by atoms with E-state index in [1.165, 1.54) is 4.57 Å². The number of pyridine rings is 1. The number of carbonyl (C=O) groups excluding carboxylic acids is 1. The van der Waals surface area contributed by atoms with Gasteiger partial charge in [0.15, 0.2) is 5.58 Å². The molecule has 0 bridgehead atoms. The van der Waals surface area contributed by atoms with Gasteiger partial charge in [0.2, 0.25) is 0 Å². The van der Waals surface area contributed by atoms with E-state index >= 15 is 0 Å². The minimum Gasteiger partial charge on any atom is -0.356 e. The van der Waals surface area contributed by atoms with Crippen molar-refractivity contribution in [3.05, 3.63) is 75.3 Å². The average molecular weight is 424 g/mol. The summed E-state index contributed by atoms with van der Waals surface area (Å²) in [5.74, 6) is -0.225. The monoisotopic (exact) mass is 423 g/mol. The zero-order valence-electron chi connectivity index (χ0n) is 16.4. The SMILES string of the molecule is Cc1cn(-c2ccc3n(c2=O)CC(C)N(Cc2noc4ccc(Cl)cc24)C3=O)cn1. The van der Waals surface area contributed by atoms with E-state index in [1.807, 2.05) is 13.8 Å². The van der Waals surface area contributed by atoms with Crippen LogP contribution in [-0.4, -0.2) is 36.1 Å². The number of halogens is 1. The molecule has 4 aromatic rings. The van der Waals surface area contributed by atoms with E-state index in [-0.39, 0.29) is 24.1 Å². The lowest BCUT2D eigenvalue weighted by Gasteiger charge is -2.35. The van der Waals surface area contributed by atoms with Crippen molar-refractivity contribution in [3.63, 3.8) is 0 Å². The summed E-state index contributed by atoms with van der Waals surface area (Å²) in [7, 11) is 0. The van der Waals surface area contributed by atoms with Gasteiger partial charge in [0.1, 0.15) is 17.1 Å². The number of benzene rings is 1. The number of hydrogen-bond donors (Lipinski definition) is 0. The van der Waals surface area contributed by atoms with Crippen molar-refractivity contribution in [3.8, 4) is 5.69 Å². The zero-order chi connectivity index (χ0) is 21.0. The maximum absolute atomic E-state index is 13.2. The molecular weight excluding hydrogens is 406 g/mol. The van der Waals surface area contributed by atoms with E-state index in [2.05, 4.69) is 10.1 Å². The molecule has 1 amide bonds. The normalized spacial score (nSPS) is 16.3. The Morgan fingerprint density at radius 3 is 2.83 bits per heavy atom. The van der Waals surface area contributed by atoms with Crippen molar-refractivity contribution in [2.45, 2.75) is 33.0 Å². The fraction of sp³-hybridized carbons (Fsp3) is 0.238. The van der Waals surface area contributed by atoms with Crippen LogP contribution in [0.1, 0.15) is 28.8 Å². The molecule has 1 aliphatic rings. The second kappa shape index (κ2) is 6.84. The highest BCUT2D eigenvalue weighted by atomic mass is 35.5. The predicted molar refractivity (Wildman–Crippen MR) is 111 cm³/mol. The second-order valence-corrected chi connectivity index (χ2v) is 7.93. The number of rotatable bonds is 3. The first-order valence-electron chi connectivity index (χ1n) is 9.52. The van der Waals surface area contributed by atoms with Crippen LogP contribution in [0, 0.1) is 6.92 Å². The Morgan fingerprint density at radius 2 is 2.07 bits per heavy atom. The Bertz CT molecular complexity index is 1350. The van der Waals surface area contributed by atoms with E-state index in [4.69, 9.17) is 16.1 Å². The third-order valence-corrected chi connectivity index (χ3v) is 5.66.